The molecule has 0 aromatic heterocycles. The summed E-state index contributed by atoms with van der Waals surface area (Å²) in [6.07, 6.45) is 3.68. The zero-order valence-corrected chi connectivity index (χ0v) is 13.2. The van der Waals surface area contributed by atoms with E-state index in [1.807, 2.05) is 18.7 Å². The Morgan fingerprint density at radius 2 is 1.95 bits per heavy atom. The van der Waals surface area contributed by atoms with E-state index in [0.717, 1.165) is 45.4 Å². The smallest absolute Gasteiger partial charge is 0.242 e. The summed E-state index contributed by atoms with van der Waals surface area (Å²) in [6.45, 7) is 9.36. The van der Waals surface area contributed by atoms with Crippen LogP contribution in [-0.2, 0) is 14.3 Å². The summed E-state index contributed by atoms with van der Waals surface area (Å²) < 4.78 is 11.0. The molecule has 118 valence electrons. The highest BCUT2D eigenvalue weighted by Gasteiger charge is 2.33. The Bertz CT molecular complexity index is 287. The first kappa shape index (κ1) is 17.4. The van der Waals surface area contributed by atoms with E-state index in [1.165, 1.54) is 0 Å². The number of rotatable bonds is 8. The van der Waals surface area contributed by atoms with Crippen molar-refractivity contribution in [2.75, 3.05) is 32.9 Å². The number of amides is 1. The molecule has 20 heavy (non-hydrogen) atoms. The van der Waals surface area contributed by atoms with Crippen LogP contribution in [0.4, 0.5) is 0 Å². The van der Waals surface area contributed by atoms with Crippen molar-refractivity contribution < 1.29 is 14.3 Å². The lowest BCUT2D eigenvalue weighted by molar-refractivity contribution is -0.139. The molecule has 0 aliphatic carbocycles. The molecule has 0 bridgehead atoms. The fraction of sp³-hybridized carbons (Fsp3) is 0.933. The Hall–Kier alpha value is -0.650. The van der Waals surface area contributed by atoms with E-state index in [2.05, 4.69) is 6.92 Å². The van der Waals surface area contributed by atoms with E-state index in [1.54, 1.807) is 0 Å². The molecule has 0 radical (unpaired) electrons. The number of piperidine rings is 1. The molecular formula is C15H30N2O3. The molecule has 1 amide bonds. The van der Waals surface area contributed by atoms with Crippen LogP contribution < -0.4 is 5.73 Å². The molecule has 1 unspecified atom stereocenters. The van der Waals surface area contributed by atoms with Gasteiger partial charge in [0.05, 0.1) is 24.9 Å². The van der Waals surface area contributed by atoms with Gasteiger partial charge in [0, 0.05) is 19.7 Å². The molecule has 0 saturated carbocycles. The molecule has 5 nitrogen and oxygen atoms in total. The third kappa shape index (κ3) is 5.38. The van der Waals surface area contributed by atoms with Gasteiger partial charge in [0.2, 0.25) is 5.91 Å². The summed E-state index contributed by atoms with van der Waals surface area (Å²) in [7, 11) is 0. The number of hydrogen-bond donors (Lipinski definition) is 1. The van der Waals surface area contributed by atoms with Gasteiger partial charge in [0.15, 0.2) is 0 Å². The van der Waals surface area contributed by atoms with E-state index in [0.29, 0.717) is 13.2 Å². The molecule has 1 fully saturated rings. The molecular weight excluding hydrogens is 256 g/mol. The van der Waals surface area contributed by atoms with E-state index >= 15 is 0 Å². The van der Waals surface area contributed by atoms with Gasteiger partial charge in [-0.1, -0.05) is 13.3 Å². The first-order valence-corrected chi connectivity index (χ1v) is 7.78. The molecule has 5 heteroatoms. The van der Waals surface area contributed by atoms with Gasteiger partial charge in [-0.15, -0.1) is 0 Å². The monoisotopic (exact) mass is 286 g/mol. The van der Waals surface area contributed by atoms with E-state index < -0.39 is 5.54 Å². The fourth-order valence-corrected chi connectivity index (χ4v) is 2.63. The van der Waals surface area contributed by atoms with Gasteiger partial charge in [0.1, 0.15) is 0 Å². The Morgan fingerprint density at radius 1 is 1.30 bits per heavy atom. The van der Waals surface area contributed by atoms with Crippen LogP contribution in [0.15, 0.2) is 0 Å². The molecule has 1 heterocycles. The number of carbonyl (C=O) groups excluding carboxylic acids is 1. The lowest BCUT2D eigenvalue weighted by atomic mass is 9.94. The zero-order chi connectivity index (χ0) is 15.0. The number of carbonyl (C=O) groups is 1. The average Bonchev–Trinajstić information content (AvgIpc) is 2.43. The highest BCUT2D eigenvalue weighted by molar-refractivity contribution is 5.85. The summed E-state index contributed by atoms with van der Waals surface area (Å²) in [4.78, 5) is 14.2. The van der Waals surface area contributed by atoms with Crippen LogP contribution in [0, 0.1) is 0 Å². The summed E-state index contributed by atoms with van der Waals surface area (Å²) in [5.74, 6) is 0.0760. The molecule has 2 N–H and O–H groups in total. The van der Waals surface area contributed by atoms with Gasteiger partial charge in [0.25, 0.3) is 0 Å². The average molecular weight is 286 g/mol. The second-order valence-electron chi connectivity index (χ2n) is 5.73. The maximum absolute atomic E-state index is 12.4. The Labute approximate surface area is 122 Å². The van der Waals surface area contributed by atoms with Crippen molar-refractivity contribution in [1.29, 1.82) is 0 Å². The Balaban J connectivity index is 2.29. The summed E-state index contributed by atoms with van der Waals surface area (Å²) in [6, 6.07) is 0. The number of likely N-dealkylation sites (tertiary alicyclic amines) is 1. The maximum Gasteiger partial charge on any atom is 0.242 e. The molecule has 1 rings (SSSR count). The number of nitrogens with two attached hydrogens (primary N) is 1. The van der Waals surface area contributed by atoms with Crippen LogP contribution in [-0.4, -0.2) is 55.4 Å². The van der Waals surface area contributed by atoms with Crippen molar-refractivity contribution in [2.24, 2.45) is 5.73 Å². The van der Waals surface area contributed by atoms with Crippen molar-refractivity contribution in [3.05, 3.63) is 0 Å². The second-order valence-corrected chi connectivity index (χ2v) is 5.73. The molecule has 1 atom stereocenters. The minimum Gasteiger partial charge on any atom is -0.379 e. The summed E-state index contributed by atoms with van der Waals surface area (Å²) >= 11 is 0. The molecule has 1 aliphatic heterocycles. The number of hydrogen-bond acceptors (Lipinski definition) is 4. The number of nitrogens with zero attached hydrogens (tertiary/aromatic N) is 1. The normalized spacial score (nSPS) is 19.9. The highest BCUT2D eigenvalue weighted by atomic mass is 16.5. The summed E-state index contributed by atoms with van der Waals surface area (Å²) in [5, 5.41) is 0. The van der Waals surface area contributed by atoms with Gasteiger partial charge in [-0.2, -0.15) is 0 Å². The molecule has 1 aliphatic rings. The van der Waals surface area contributed by atoms with Crippen molar-refractivity contribution in [3.63, 3.8) is 0 Å². The first-order valence-electron chi connectivity index (χ1n) is 7.78. The van der Waals surface area contributed by atoms with Gasteiger partial charge in [-0.3, -0.25) is 4.79 Å². The highest BCUT2D eigenvalue weighted by Crippen LogP contribution is 2.19. The van der Waals surface area contributed by atoms with Crippen LogP contribution in [0.2, 0.25) is 0 Å². The Kier molecular flexibility index (Phi) is 7.48. The van der Waals surface area contributed by atoms with Crippen LogP contribution in [0.1, 0.15) is 46.5 Å². The van der Waals surface area contributed by atoms with Crippen molar-refractivity contribution in [2.45, 2.75) is 58.1 Å². The van der Waals surface area contributed by atoms with Gasteiger partial charge >= 0.3 is 0 Å². The van der Waals surface area contributed by atoms with E-state index in [-0.39, 0.29) is 12.0 Å². The fourth-order valence-electron chi connectivity index (χ4n) is 2.63. The molecule has 0 aromatic rings. The van der Waals surface area contributed by atoms with Crippen LogP contribution in [0.25, 0.3) is 0 Å². The van der Waals surface area contributed by atoms with Gasteiger partial charge in [-0.25, -0.2) is 0 Å². The van der Waals surface area contributed by atoms with E-state index in [4.69, 9.17) is 15.2 Å². The molecule has 0 aromatic carbocycles. The molecule has 0 spiro atoms. The zero-order valence-electron chi connectivity index (χ0n) is 13.2. The minimum absolute atomic E-state index is 0.0760. The van der Waals surface area contributed by atoms with Crippen LogP contribution >= 0.6 is 0 Å². The first-order chi connectivity index (χ1) is 9.51. The quantitative estimate of drug-likeness (QED) is 0.688. The second kappa shape index (κ2) is 8.60. The van der Waals surface area contributed by atoms with E-state index in [9.17, 15) is 4.79 Å². The van der Waals surface area contributed by atoms with Crippen molar-refractivity contribution in [3.8, 4) is 0 Å². The maximum atomic E-state index is 12.4. The standard InChI is InChI=1S/C15H30N2O3/c1-4-8-15(3,16)14(18)17-9-6-13(7-10-17)20-12-11-19-5-2/h13H,4-12,16H2,1-3H3. The van der Waals surface area contributed by atoms with Crippen molar-refractivity contribution in [1.82, 2.24) is 4.90 Å². The van der Waals surface area contributed by atoms with Crippen molar-refractivity contribution >= 4 is 5.91 Å². The van der Waals surface area contributed by atoms with Crippen LogP contribution in [0.3, 0.4) is 0 Å². The van der Waals surface area contributed by atoms with Gasteiger partial charge < -0.3 is 20.1 Å². The summed E-state index contributed by atoms with van der Waals surface area (Å²) in [5.41, 5.74) is 5.39. The third-order valence-electron chi connectivity index (χ3n) is 3.77. The lowest BCUT2D eigenvalue weighted by Crippen LogP contribution is -2.55. The lowest BCUT2D eigenvalue weighted by Gasteiger charge is -2.36. The van der Waals surface area contributed by atoms with Crippen LogP contribution in [0.5, 0.6) is 0 Å². The SMILES string of the molecule is CCCC(C)(N)C(=O)N1CCC(OCCOCC)CC1. The Morgan fingerprint density at radius 3 is 2.50 bits per heavy atom. The van der Waals surface area contributed by atoms with Gasteiger partial charge in [-0.05, 0) is 33.1 Å². The largest absolute Gasteiger partial charge is 0.379 e. The number of ether oxygens (including phenoxy) is 2. The topological polar surface area (TPSA) is 64.8 Å². The predicted octanol–water partition coefficient (Wildman–Crippen LogP) is 1.55. The minimum atomic E-state index is -0.725. The predicted molar refractivity (Wildman–Crippen MR) is 79.5 cm³/mol. The molecule has 1 saturated heterocycles. The third-order valence-corrected chi connectivity index (χ3v) is 3.77.